The second-order valence-electron chi connectivity index (χ2n) is 6.45. The van der Waals surface area contributed by atoms with Crippen LogP contribution in [0, 0.1) is 0 Å². The van der Waals surface area contributed by atoms with Crippen LogP contribution >= 0.6 is 0 Å². The average Bonchev–Trinajstić information content (AvgIpc) is 2.86. The summed E-state index contributed by atoms with van der Waals surface area (Å²) in [6, 6.07) is -0.535. The highest BCUT2D eigenvalue weighted by atomic mass is 19.1. The van der Waals surface area contributed by atoms with E-state index in [1.807, 2.05) is 4.90 Å². The zero-order chi connectivity index (χ0) is 15.6. The fraction of sp³-hybridized carbons (Fsp3) is 0.857. The van der Waals surface area contributed by atoms with Gasteiger partial charge in [-0.15, -0.1) is 0 Å². The van der Waals surface area contributed by atoms with Crippen LogP contribution in [0.5, 0.6) is 0 Å². The van der Waals surface area contributed by atoms with E-state index in [1.165, 1.54) is 4.90 Å². The second kappa shape index (κ2) is 6.17. The highest BCUT2D eigenvalue weighted by molar-refractivity contribution is 5.86. The van der Waals surface area contributed by atoms with Crippen molar-refractivity contribution in [2.75, 3.05) is 39.3 Å². The lowest BCUT2D eigenvalue weighted by atomic mass is 10.1. The van der Waals surface area contributed by atoms with E-state index in [0.717, 1.165) is 6.42 Å². The summed E-state index contributed by atoms with van der Waals surface area (Å²) in [5.74, 6) is -0.103. The molecule has 2 amide bonds. The summed E-state index contributed by atoms with van der Waals surface area (Å²) in [5, 5.41) is 9.11. The maximum atomic E-state index is 13.6. The molecule has 1 N–H and O–H groups in total. The van der Waals surface area contributed by atoms with Crippen molar-refractivity contribution < 1.29 is 19.1 Å². The number of carbonyl (C=O) groups is 2. The molecule has 0 bridgehead atoms. The predicted molar refractivity (Wildman–Crippen MR) is 76.0 cm³/mol. The molecule has 6 nitrogen and oxygen atoms in total. The van der Waals surface area contributed by atoms with Gasteiger partial charge in [-0.2, -0.15) is 0 Å². The number of amides is 2. The number of likely N-dealkylation sites (tertiary alicyclic amines) is 1. The van der Waals surface area contributed by atoms with Gasteiger partial charge in [-0.05, 0) is 26.7 Å². The third kappa shape index (κ3) is 4.06. The lowest BCUT2D eigenvalue weighted by Gasteiger charge is -2.38. The highest BCUT2D eigenvalue weighted by Gasteiger charge is 2.37. The van der Waals surface area contributed by atoms with Crippen molar-refractivity contribution in [3.63, 3.8) is 0 Å². The summed E-state index contributed by atoms with van der Waals surface area (Å²) in [7, 11) is 0. The van der Waals surface area contributed by atoms with Crippen molar-refractivity contribution in [3.8, 4) is 0 Å². The summed E-state index contributed by atoms with van der Waals surface area (Å²) >= 11 is 0. The molecule has 2 heterocycles. The molecule has 2 aliphatic heterocycles. The Hall–Kier alpha value is -1.37. The SMILES string of the molecule is CC(C)(F)CN1CCN(C(=O)C2CCCN2C(=O)O)CC1. The minimum Gasteiger partial charge on any atom is -0.465 e. The van der Waals surface area contributed by atoms with E-state index < -0.39 is 17.8 Å². The minimum absolute atomic E-state index is 0.103. The fourth-order valence-corrected chi connectivity index (χ4v) is 3.12. The number of hydrogen-bond acceptors (Lipinski definition) is 3. The van der Waals surface area contributed by atoms with Crippen LogP contribution in [0.25, 0.3) is 0 Å². The zero-order valence-corrected chi connectivity index (χ0v) is 12.7. The van der Waals surface area contributed by atoms with Crippen LogP contribution in [0.4, 0.5) is 9.18 Å². The van der Waals surface area contributed by atoms with Crippen LogP contribution in [0.3, 0.4) is 0 Å². The van der Waals surface area contributed by atoms with E-state index in [4.69, 9.17) is 5.11 Å². The molecule has 7 heteroatoms. The Balaban J connectivity index is 1.87. The summed E-state index contributed by atoms with van der Waals surface area (Å²) in [5.41, 5.74) is -1.24. The van der Waals surface area contributed by atoms with Crippen molar-refractivity contribution in [1.82, 2.24) is 14.7 Å². The molecule has 120 valence electrons. The van der Waals surface area contributed by atoms with E-state index in [-0.39, 0.29) is 5.91 Å². The number of alkyl halides is 1. The average molecular weight is 301 g/mol. The number of hydrogen-bond donors (Lipinski definition) is 1. The Bertz CT molecular complexity index is 403. The zero-order valence-electron chi connectivity index (χ0n) is 12.7. The lowest BCUT2D eigenvalue weighted by molar-refractivity contribution is -0.137. The van der Waals surface area contributed by atoms with Gasteiger partial charge in [-0.3, -0.25) is 14.6 Å². The normalized spacial score (nSPS) is 24.4. The Morgan fingerprint density at radius 1 is 1.19 bits per heavy atom. The molecule has 2 saturated heterocycles. The van der Waals surface area contributed by atoms with Gasteiger partial charge in [0.05, 0.1) is 0 Å². The quantitative estimate of drug-likeness (QED) is 0.845. The van der Waals surface area contributed by atoms with Gasteiger partial charge in [0, 0.05) is 39.3 Å². The Morgan fingerprint density at radius 3 is 2.33 bits per heavy atom. The van der Waals surface area contributed by atoms with Gasteiger partial charge in [0.25, 0.3) is 0 Å². The molecule has 0 aromatic rings. The van der Waals surface area contributed by atoms with E-state index in [1.54, 1.807) is 18.7 Å². The topological polar surface area (TPSA) is 64.1 Å². The van der Waals surface area contributed by atoms with Gasteiger partial charge in [0.2, 0.25) is 5.91 Å². The van der Waals surface area contributed by atoms with E-state index in [0.29, 0.717) is 45.7 Å². The largest absolute Gasteiger partial charge is 0.465 e. The predicted octanol–water partition coefficient (Wildman–Crippen LogP) is 1.02. The molecular formula is C14H24FN3O3. The standard InChI is InChI=1S/C14H24FN3O3/c1-14(2,15)10-16-6-8-17(9-7-16)12(19)11-4-3-5-18(11)13(20)21/h11H,3-10H2,1-2H3,(H,20,21). The van der Waals surface area contributed by atoms with Gasteiger partial charge >= 0.3 is 6.09 Å². The first-order valence-electron chi connectivity index (χ1n) is 7.47. The van der Waals surface area contributed by atoms with Crippen LogP contribution < -0.4 is 0 Å². The van der Waals surface area contributed by atoms with Gasteiger partial charge in [0.1, 0.15) is 11.7 Å². The van der Waals surface area contributed by atoms with Crippen molar-refractivity contribution in [1.29, 1.82) is 0 Å². The third-order valence-corrected chi connectivity index (χ3v) is 4.07. The monoisotopic (exact) mass is 301 g/mol. The van der Waals surface area contributed by atoms with Gasteiger partial charge < -0.3 is 10.0 Å². The number of carboxylic acid groups (broad SMARTS) is 1. The third-order valence-electron chi connectivity index (χ3n) is 4.07. The van der Waals surface area contributed by atoms with E-state index in [9.17, 15) is 14.0 Å². The maximum Gasteiger partial charge on any atom is 0.407 e. The van der Waals surface area contributed by atoms with Gasteiger partial charge in [-0.1, -0.05) is 0 Å². The van der Waals surface area contributed by atoms with Crippen molar-refractivity contribution in [2.24, 2.45) is 0 Å². The van der Waals surface area contributed by atoms with Crippen LogP contribution in [0.15, 0.2) is 0 Å². The molecule has 21 heavy (non-hydrogen) atoms. The summed E-state index contributed by atoms with van der Waals surface area (Å²) in [4.78, 5) is 28.5. The fourth-order valence-electron chi connectivity index (χ4n) is 3.12. The first-order chi connectivity index (χ1) is 9.78. The van der Waals surface area contributed by atoms with Crippen LogP contribution in [-0.4, -0.2) is 82.8 Å². The molecular weight excluding hydrogens is 277 g/mol. The smallest absolute Gasteiger partial charge is 0.407 e. The van der Waals surface area contributed by atoms with E-state index in [2.05, 4.69) is 0 Å². The first-order valence-corrected chi connectivity index (χ1v) is 7.47. The molecule has 0 aliphatic carbocycles. The number of piperazine rings is 1. The first kappa shape index (κ1) is 16.0. The molecule has 0 saturated carbocycles. The molecule has 0 aromatic carbocycles. The Labute approximate surface area is 124 Å². The highest BCUT2D eigenvalue weighted by Crippen LogP contribution is 2.20. The number of nitrogens with zero attached hydrogens (tertiary/aromatic N) is 3. The van der Waals surface area contributed by atoms with Crippen LogP contribution in [0.2, 0.25) is 0 Å². The van der Waals surface area contributed by atoms with Crippen LogP contribution in [-0.2, 0) is 4.79 Å². The summed E-state index contributed by atoms with van der Waals surface area (Å²) < 4.78 is 13.6. The van der Waals surface area contributed by atoms with Crippen molar-refractivity contribution in [3.05, 3.63) is 0 Å². The van der Waals surface area contributed by atoms with Gasteiger partial charge in [-0.25, -0.2) is 9.18 Å². The lowest BCUT2D eigenvalue weighted by Crippen LogP contribution is -2.55. The molecule has 1 unspecified atom stereocenters. The number of rotatable bonds is 3. The molecule has 0 radical (unpaired) electrons. The minimum atomic E-state index is -1.24. The molecule has 2 rings (SSSR count). The number of halogens is 1. The van der Waals surface area contributed by atoms with Crippen molar-refractivity contribution in [2.45, 2.75) is 38.4 Å². The van der Waals surface area contributed by atoms with E-state index >= 15 is 0 Å². The molecule has 2 fully saturated rings. The number of carbonyl (C=O) groups excluding carboxylic acids is 1. The van der Waals surface area contributed by atoms with Crippen molar-refractivity contribution >= 4 is 12.0 Å². The summed E-state index contributed by atoms with van der Waals surface area (Å²) in [6.45, 7) is 6.25. The Kier molecular flexibility index (Phi) is 4.70. The Morgan fingerprint density at radius 2 is 1.81 bits per heavy atom. The molecule has 0 aromatic heterocycles. The van der Waals surface area contributed by atoms with Gasteiger partial charge in [0.15, 0.2) is 0 Å². The van der Waals surface area contributed by atoms with Crippen LogP contribution in [0.1, 0.15) is 26.7 Å². The second-order valence-corrected chi connectivity index (χ2v) is 6.45. The molecule has 0 spiro atoms. The molecule has 1 atom stereocenters. The molecule has 2 aliphatic rings. The maximum absolute atomic E-state index is 13.6. The summed E-state index contributed by atoms with van der Waals surface area (Å²) in [6.07, 6.45) is 0.311.